The van der Waals surface area contributed by atoms with Crippen LogP contribution in [0.4, 0.5) is 0 Å². The summed E-state index contributed by atoms with van der Waals surface area (Å²) in [5, 5.41) is 4.08. The average molecular weight is 389 g/mol. The molecule has 1 N–H and O–H groups in total. The van der Waals surface area contributed by atoms with E-state index in [0.717, 1.165) is 55.2 Å². The smallest absolute Gasteiger partial charge is 0.309 e. The Labute approximate surface area is 165 Å². The van der Waals surface area contributed by atoms with Gasteiger partial charge in [-0.3, -0.25) is 9.69 Å². The number of esters is 1. The predicted molar refractivity (Wildman–Crippen MR) is 106 cm³/mol. The molecular formula is C21H25ClN2O3. The van der Waals surface area contributed by atoms with Crippen LogP contribution in [0.5, 0.6) is 5.75 Å². The van der Waals surface area contributed by atoms with Gasteiger partial charge >= 0.3 is 5.97 Å². The molecule has 0 radical (unpaired) electrons. The predicted octanol–water partition coefficient (Wildman–Crippen LogP) is 3.04. The third kappa shape index (κ3) is 5.96. The Morgan fingerprint density at radius 1 is 1.11 bits per heavy atom. The second-order valence-corrected chi connectivity index (χ2v) is 7.07. The summed E-state index contributed by atoms with van der Waals surface area (Å²) in [7, 11) is 1.41. The van der Waals surface area contributed by atoms with E-state index in [1.807, 2.05) is 36.4 Å². The van der Waals surface area contributed by atoms with Crippen molar-refractivity contribution >= 4 is 17.6 Å². The number of carbonyl (C=O) groups excluding carboxylic acids is 1. The molecule has 0 saturated carbocycles. The molecule has 0 unspecified atom stereocenters. The minimum absolute atomic E-state index is 0.238. The molecular weight excluding hydrogens is 364 g/mol. The van der Waals surface area contributed by atoms with Crippen LogP contribution in [-0.2, 0) is 29.1 Å². The van der Waals surface area contributed by atoms with E-state index in [0.29, 0.717) is 11.6 Å². The standard InChI is InChI=1S/C21H25ClN2O3/c1-26-21(25)13-17-4-7-20(27-15-16-2-5-19(22)6-3-16)18(12-17)14-24-10-8-23-9-11-24/h2-7,12,23H,8-11,13-15H2,1H3. The number of rotatable bonds is 7. The summed E-state index contributed by atoms with van der Waals surface area (Å²) < 4.78 is 10.9. The number of piperazine rings is 1. The normalized spacial score (nSPS) is 14.7. The van der Waals surface area contributed by atoms with Crippen molar-refractivity contribution in [3.05, 3.63) is 64.2 Å². The van der Waals surface area contributed by atoms with Crippen molar-refractivity contribution in [1.82, 2.24) is 10.2 Å². The molecule has 1 saturated heterocycles. The summed E-state index contributed by atoms with van der Waals surface area (Å²) in [6, 6.07) is 13.6. The van der Waals surface area contributed by atoms with Crippen molar-refractivity contribution in [2.75, 3.05) is 33.3 Å². The molecule has 0 aromatic heterocycles. The molecule has 27 heavy (non-hydrogen) atoms. The molecule has 1 aliphatic heterocycles. The summed E-state index contributed by atoms with van der Waals surface area (Å²) in [6.07, 6.45) is 0.266. The second-order valence-electron chi connectivity index (χ2n) is 6.64. The van der Waals surface area contributed by atoms with Crippen molar-refractivity contribution in [1.29, 1.82) is 0 Å². The molecule has 1 heterocycles. The second kappa shape index (κ2) is 9.74. The minimum atomic E-state index is -0.238. The molecule has 144 valence electrons. The first-order valence-corrected chi connectivity index (χ1v) is 9.51. The van der Waals surface area contributed by atoms with Crippen LogP contribution in [0.3, 0.4) is 0 Å². The van der Waals surface area contributed by atoms with Crippen molar-refractivity contribution in [3.8, 4) is 5.75 Å². The lowest BCUT2D eigenvalue weighted by Gasteiger charge is -2.28. The fourth-order valence-electron chi connectivity index (χ4n) is 3.10. The lowest BCUT2D eigenvalue weighted by Crippen LogP contribution is -2.42. The molecule has 0 aliphatic carbocycles. The zero-order valence-corrected chi connectivity index (χ0v) is 16.3. The third-order valence-corrected chi connectivity index (χ3v) is 4.86. The largest absolute Gasteiger partial charge is 0.489 e. The number of halogens is 1. The first-order valence-electron chi connectivity index (χ1n) is 9.13. The Balaban J connectivity index is 1.74. The molecule has 1 fully saturated rings. The number of carbonyl (C=O) groups is 1. The molecule has 5 nitrogen and oxygen atoms in total. The summed E-state index contributed by atoms with van der Waals surface area (Å²) in [5.74, 6) is 0.607. The van der Waals surface area contributed by atoms with Crippen molar-refractivity contribution in [2.24, 2.45) is 0 Å². The highest BCUT2D eigenvalue weighted by Crippen LogP contribution is 2.24. The maximum absolute atomic E-state index is 11.6. The van der Waals surface area contributed by atoms with Gasteiger partial charge in [-0.05, 0) is 29.3 Å². The number of ether oxygens (including phenoxy) is 2. The van der Waals surface area contributed by atoms with E-state index in [4.69, 9.17) is 21.1 Å². The summed E-state index contributed by atoms with van der Waals surface area (Å²) in [4.78, 5) is 14.0. The maximum atomic E-state index is 11.6. The Morgan fingerprint density at radius 3 is 2.52 bits per heavy atom. The monoisotopic (exact) mass is 388 g/mol. The summed E-state index contributed by atoms with van der Waals surface area (Å²) >= 11 is 5.94. The average Bonchev–Trinajstić information content (AvgIpc) is 2.69. The van der Waals surface area contributed by atoms with Gasteiger partial charge in [-0.1, -0.05) is 35.9 Å². The maximum Gasteiger partial charge on any atom is 0.309 e. The van der Waals surface area contributed by atoms with Gasteiger partial charge in [0.25, 0.3) is 0 Å². The first-order chi connectivity index (χ1) is 13.1. The third-order valence-electron chi connectivity index (χ3n) is 4.61. The quantitative estimate of drug-likeness (QED) is 0.739. The lowest BCUT2D eigenvalue weighted by atomic mass is 10.1. The Kier molecular flexibility index (Phi) is 7.10. The Hall–Kier alpha value is -2.08. The molecule has 3 rings (SSSR count). The van der Waals surface area contributed by atoms with Gasteiger partial charge in [0.15, 0.2) is 0 Å². The number of benzene rings is 2. The highest BCUT2D eigenvalue weighted by atomic mass is 35.5. The minimum Gasteiger partial charge on any atom is -0.489 e. The van der Waals surface area contributed by atoms with Gasteiger partial charge < -0.3 is 14.8 Å². The highest BCUT2D eigenvalue weighted by Gasteiger charge is 2.15. The molecule has 0 spiro atoms. The van der Waals surface area contributed by atoms with Gasteiger partial charge in [0.2, 0.25) is 0 Å². The summed E-state index contributed by atoms with van der Waals surface area (Å²) in [6.45, 7) is 5.25. The molecule has 1 aliphatic rings. The highest BCUT2D eigenvalue weighted by molar-refractivity contribution is 6.30. The van der Waals surface area contributed by atoms with Crippen LogP contribution in [0.2, 0.25) is 5.02 Å². The summed E-state index contributed by atoms with van der Waals surface area (Å²) in [5.41, 5.74) is 3.09. The zero-order chi connectivity index (χ0) is 19.1. The first kappa shape index (κ1) is 19.7. The van der Waals surface area contributed by atoms with E-state index in [1.165, 1.54) is 7.11 Å². The van der Waals surface area contributed by atoms with Gasteiger partial charge in [0.1, 0.15) is 12.4 Å². The van der Waals surface area contributed by atoms with Crippen LogP contribution in [0.1, 0.15) is 16.7 Å². The number of methoxy groups -OCH3 is 1. The number of nitrogens with one attached hydrogen (secondary N) is 1. The van der Waals surface area contributed by atoms with Gasteiger partial charge in [-0.2, -0.15) is 0 Å². The van der Waals surface area contributed by atoms with Gasteiger partial charge in [-0.15, -0.1) is 0 Å². The Morgan fingerprint density at radius 2 is 1.81 bits per heavy atom. The molecule has 0 bridgehead atoms. The zero-order valence-electron chi connectivity index (χ0n) is 15.5. The molecule has 2 aromatic carbocycles. The topological polar surface area (TPSA) is 50.8 Å². The molecule has 2 aromatic rings. The van der Waals surface area contributed by atoms with Crippen LogP contribution in [0.25, 0.3) is 0 Å². The fourth-order valence-corrected chi connectivity index (χ4v) is 3.22. The fraction of sp³-hybridized carbons (Fsp3) is 0.381. The Bertz CT molecular complexity index is 759. The number of hydrogen-bond donors (Lipinski definition) is 1. The van der Waals surface area contributed by atoms with Crippen molar-refractivity contribution in [3.63, 3.8) is 0 Å². The van der Waals surface area contributed by atoms with E-state index < -0.39 is 0 Å². The molecule has 0 atom stereocenters. The van der Waals surface area contributed by atoms with Crippen molar-refractivity contribution < 1.29 is 14.3 Å². The molecule has 0 amide bonds. The van der Waals surface area contributed by atoms with E-state index in [2.05, 4.69) is 16.3 Å². The van der Waals surface area contributed by atoms with Crippen LogP contribution >= 0.6 is 11.6 Å². The number of nitrogens with zero attached hydrogens (tertiary/aromatic N) is 1. The molecule has 6 heteroatoms. The van der Waals surface area contributed by atoms with E-state index in [9.17, 15) is 4.79 Å². The van der Waals surface area contributed by atoms with E-state index >= 15 is 0 Å². The van der Waals surface area contributed by atoms with E-state index in [1.54, 1.807) is 0 Å². The van der Waals surface area contributed by atoms with Gasteiger partial charge in [0.05, 0.1) is 13.5 Å². The van der Waals surface area contributed by atoms with Crippen molar-refractivity contribution in [2.45, 2.75) is 19.6 Å². The van der Waals surface area contributed by atoms with E-state index in [-0.39, 0.29) is 12.4 Å². The van der Waals surface area contributed by atoms with Crippen LogP contribution in [0.15, 0.2) is 42.5 Å². The van der Waals surface area contributed by atoms with Crippen LogP contribution in [0, 0.1) is 0 Å². The SMILES string of the molecule is COC(=O)Cc1ccc(OCc2ccc(Cl)cc2)c(CN2CCNCC2)c1. The van der Waals surface area contributed by atoms with Crippen LogP contribution in [-0.4, -0.2) is 44.2 Å². The van der Waals surface area contributed by atoms with Crippen LogP contribution < -0.4 is 10.1 Å². The van der Waals surface area contributed by atoms with Gasteiger partial charge in [-0.25, -0.2) is 0 Å². The lowest BCUT2D eigenvalue weighted by molar-refractivity contribution is -0.139. The number of hydrogen-bond acceptors (Lipinski definition) is 5. The van der Waals surface area contributed by atoms with Gasteiger partial charge in [0, 0.05) is 43.3 Å².